The van der Waals surface area contributed by atoms with Gasteiger partial charge in [0.1, 0.15) is 0 Å². The van der Waals surface area contributed by atoms with E-state index >= 15 is 0 Å². The molecule has 128 valence electrons. The van der Waals surface area contributed by atoms with Crippen LogP contribution in [0.5, 0.6) is 0 Å². The molecule has 3 aromatic rings. The Labute approximate surface area is 149 Å². The number of halogens is 1. The zero-order chi connectivity index (χ0) is 18.0. The van der Waals surface area contributed by atoms with Crippen molar-refractivity contribution in [3.05, 3.63) is 53.7 Å². The number of nitrogens with zero attached hydrogens (tertiary/aromatic N) is 2. The van der Waals surface area contributed by atoms with Crippen LogP contribution in [0, 0.1) is 0 Å². The summed E-state index contributed by atoms with van der Waals surface area (Å²) in [6, 6.07) is 12.7. The van der Waals surface area contributed by atoms with E-state index in [2.05, 4.69) is 20.0 Å². The van der Waals surface area contributed by atoms with Gasteiger partial charge in [-0.15, -0.1) is 0 Å². The highest BCUT2D eigenvalue weighted by atomic mass is 35.5. The Hall–Kier alpha value is -2.71. The van der Waals surface area contributed by atoms with Crippen LogP contribution in [-0.2, 0) is 14.8 Å². The third kappa shape index (κ3) is 3.86. The first-order valence-electron chi connectivity index (χ1n) is 7.18. The summed E-state index contributed by atoms with van der Waals surface area (Å²) in [5.74, 6) is -0.293. The average molecular weight is 377 g/mol. The molecule has 0 unspecified atom stereocenters. The quantitative estimate of drug-likeness (QED) is 0.728. The van der Waals surface area contributed by atoms with Crippen molar-refractivity contribution < 1.29 is 13.2 Å². The number of fused-ring (bicyclic) bond motifs is 1. The zero-order valence-electron chi connectivity index (χ0n) is 13.0. The van der Waals surface area contributed by atoms with Crippen molar-refractivity contribution in [1.29, 1.82) is 0 Å². The van der Waals surface area contributed by atoms with Crippen molar-refractivity contribution >= 4 is 50.1 Å². The summed E-state index contributed by atoms with van der Waals surface area (Å²) < 4.78 is 27.3. The molecule has 9 heteroatoms. The lowest BCUT2D eigenvalue weighted by Gasteiger charge is -2.10. The molecule has 3 rings (SSSR count). The molecule has 2 N–H and O–H groups in total. The fourth-order valence-electron chi connectivity index (χ4n) is 2.15. The Morgan fingerprint density at radius 3 is 2.20 bits per heavy atom. The number of rotatable bonds is 4. The minimum atomic E-state index is -3.90. The zero-order valence-corrected chi connectivity index (χ0v) is 14.6. The van der Waals surface area contributed by atoms with E-state index in [9.17, 15) is 13.2 Å². The van der Waals surface area contributed by atoms with Crippen LogP contribution in [0.1, 0.15) is 6.92 Å². The van der Waals surface area contributed by atoms with Crippen molar-refractivity contribution in [3.8, 4) is 0 Å². The molecule has 25 heavy (non-hydrogen) atoms. The monoisotopic (exact) mass is 376 g/mol. The molecule has 0 saturated heterocycles. The van der Waals surface area contributed by atoms with Gasteiger partial charge in [0.15, 0.2) is 11.0 Å². The summed E-state index contributed by atoms with van der Waals surface area (Å²) in [4.78, 5) is 19.3. The molecule has 0 bridgehead atoms. The molecule has 0 aliphatic heterocycles. The normalized spacial score (nSPS) is 11.3. The second-order valence-corrected chi connectivity index (χ2v) is 7.20. The Kier molecular flexibility index (Phi) is 4.56. The van der Waals surface area contributed by atoms with Gasteiger partial charge in [0.05, 0.1) is 15.9 Å². The second-order valence-electron chi connectivity index (χ2n) is 5.16. The molecule has 2 aromatic carbocycles. The van der Waals surface area contributed by atoms with Gasteiger partial charge < -0.3 is 5.32 Å². The number of aromatic nitrogens is 2. The van der Waals surface area contributed by atoms with Crippen molar-refractivity contribution in [2.45, 2.75) is 11.8 Å². The van der Waals surface area contributed by atoms with E-state index in [1.165, 1.54) is 31.2 Å². The lowest BCUT2D eigenvalue weighted by Crippen LogP contribution is -2.15. The summed E-state index contributed by atoms with van der Waals surface area (Å²) in [6.07, 6.45) is 0. The molecule has 1 aromatic heterocycles. The first-order valence-corrected chi connectivity index (χ1v) is 9.04. The van der Waals surface area contributed by atoms with Crippen LogP contribution >= 0.6 is 11.6 Å². The van der Waals surface area contributed by atoms with E-state index in [0.29, 0.717) is 16.7 Å². The number of carbonyl (C=O) groups excluding carboxylic acids is 1. The molecule has 0 atom stereocenters. The van der Waals surface area contributed by atoms with Crippen LogP contribution < -0.4 is 10.0 Å². The van der Waals surface area contributed by atoms with Gasteiger partial charge in [-0.25, -0.2) is 18.4 Å². The molecule has 0 aliphatic rings. The number of nitrogens with one attached hydrogen (secondary N) is 2. The standard InChI is InChI=1S/C16H13ClN4O3S/c1-10(22)18-11-6-8-12(9-7-11)25(23,24)21-16-15(17)19-13-4-2-3-5-14(13)20-16/h2-9H,1H3,(H,18,22)(H,20,21). The maximum atomic E-state index is 12.5. The lowest BCUT2D eigenvalue weighted by molar-refractivity contribution is -0.114. The predicted molar refractivity (Wildman–Crippen MR) is 96.1 cm³/mol. The van der Waals surface area contributed by atoms with Crippen LogP contribution in [0.15, 0.2) is 53.4 Å². The number of anilines is 2. The third-order valence-electron chi connectivity index (χ3n) is 3.24. The van der Waals surface area contributed by atoms with E-state index < -0.39 is 10.0 Å². The molecule has 0 radical (unpaired) electrons. The van der Waals surface area contributed by atoms with E-state index in [0.717, 1.165) is 0 Å². The maximum absolute atomic E-state index is 12.5. The fraction of sp³-hybridized carbons (Fsp3) is 0.0625. The van der Waals surface area contributed by atoms with Gasteiger partial charge in [0, 0.05) is 12.6 Å². The van der Waals surface area contributed by atoms with Gasteiger partial charge in [-0.1, -0.05) is 23.7 Å². The number of benzene rings is 2. The average Bonchev–Trinajstić information content (AvgIpc) is 2.55. The molecule has 0 fully saturated rings. The summed E-state index contributed by atoms with van der Waals surface area (Å²) in [7, 11) is -3.90. The van der Waals surface area contributed by atoms with Gasteiger partial charge in [-0.3, -0.25) is 9.52 Å². The van der Waals surface area contributed by atoms with Crippen LogP contribution in [-0.4, -0.2) is 24.3 Å². The third-order valence-corrected chi connectivity index (χ3v) is 4.86. The highest BCUT2D eigenvalue weighted by molar-refractivity contribution is 7.92. The van der Waals surface area contributed by atoms with Crippen LogP contribution in [0.3, 0.4) is 0 Å². The number of carbonyl (C=O) groups is 1. The molecule has 1 heterocycles. The Morgan fingerprint density at radius 1 is 1.00 bits per heavy atom. The van der Waals surface area contributed by atoms with Gasteiger partial charge >= 0.3 is 0 Å². The highest BCUT2D eigenvalue weighted by Gasteiger charge is 2.18. The minimum Gasteiger partial charge on any atom is -0.326 e. The van der Waals surface area contributed by atoms with Crippen molar-refractivity contribution in [2.24, 2.45) is 0 Å². The Balaban J connectivity index is 1.91. The topological polar surface area (TPSA) is 101 Å². The number of hydrogen-bond acceptors (Lipinski definition) is 5. The van der Waals surface area contributed by atoms with Crippen molar-refractivity contribution in [3.63, 3.8) is 0 Å². The molecule has 7 nitrogen and oxygen atoms in total. The summed E-state index contributed by atoms with van der Waals surface area (Å²) in [5.41, 5.74) is 1.58. The van der Waals surface area contributed by atoms with Crippen molar-refractivity contribution in [1.82, 2.24) is 9.97 Å². The fourth-order valence-corrected chi connectivity index (χ4v) is 3.40. The van der Waals surface area contributed by atoms with Gasteiger partial charge in [0.25, 0.3) is 10.0 Å². The smallest absolute Gasteiger partial charge is 0.263 e. The summed E-state index contributed by atoms with van der Waals surface area (Å²) >= 11 is 6.03. The SMILES string of the molecule is CC(=O)Nc1ccc(S(=O)(=O)Nc2nc3ccccc3nc2Cl)cc1. The molecular weight excluding hydrogens is 364 g/mol. The lowest BCUT2D eigenvalue weighted by atomic mass is 10.3. The van der Waals surface area contributed by atoms with Crippen LogP contribution in [0.2, 0.25) is 5.15 Å². The molecule has 0 saturated carbocycles. The number of hydrogen-bond donors (Lipinski definition) is 2. The number of para-hydroxylation sites is 2. The molecule has 0 spiro atoms. The first kappa shape index (κ1) is 17.1. The largest absolute Gasteiger partial charge is 0.326 e. The van der Waals surface area contributed by atoms with E-state index in [4.69, 9.17) is 11.6 Å². The summed E-state index contributed by atoms with van der Waals surface area (Å²) in [6.45, 7) is 1.37. The number of sulfonamides is 1. The molecule has 0 aliphatic carbocycles. The van der Waals surface area contributed by atoms with Crippen LogP contribution in [0.25, 0.3) is 11.0 Å². The van der Waals surface area contributed by atoms with Gasteiger partial charge in [-0.05, 0) is 36.4 Å². The highest BCUT2D eigenvalue weighted by Crippen LogP contribution is 2.24. The Morgan fingerprint density at radius 2 is 1.60 bits per heavy atom. The van der Waals surface area contributed by atoms with E-state index in [1.807, 2.05) is 0 Å². The van der Waals surface area contributed by atoms with Gasteiger partial charge in [-0.2, -0.15) is 0 Å². The predicted octanol–water partition coefficient (Wildman–Crippen LogP) is 3.04. The maximum Gasteiger partial charge on any atom is 0.263 e. The summed E-state index contributed by atoms with van der Waals surface area (Å²) in [5, 5.41) is 2.52. The molecule has 1 amide bonds. The second kappa shape index (κ2) is 6.66. The van der Waals surface area contributed by atoms with E-state index in [-0.39, 0.29) is 21.8 Å². The van der Waals surface area contributed by atoms with Crippen molar-refractivity contribution in [2.75, 3.05) is 10.0 Å². The van der Waals surface area contributed by atoms with Crippen LogP contribution in [0.4, 0.5) is 11.5 Å². The Bertz CT molecular complexity index is 1050. The first-order chi connectivity index (χ1) is 11.8. The molecular formula is C16H13ClN4O3S. The number of amides is 1. The van der Waals surface area contributed by atoms with Gasteiger partial charge in [0.2, 0.25) is 5.91 Å². The minimum absolute atomic E-state index is 0.00706. The van der Waals surface area contributed by atoms with E-state index in [1.54, 1.807) is 24.3 Å².